The fourth-order valence-corrected chi connectivity index (χ4v) is 4.97. The molecule has 160 valence electrons. The predicted octanol–water partition coefficient (Wildman–Crippen LogP) is 1.46. The molecule has 0 unspecified atom stereocenters. The van der Waals surface area contributed by atoms with E-state index in [2.05, 4.69) is 19.8 Å². The molecule has 3 N–H and O–H groups in total. The maximum atomic E-state index is 12.5. The van der Waals surface area contributed by atoms with E-state index in [1.165, 1.54) is 30.3 Å². The Bertz CT molecular complexity index is 1150. The molecule has 0 spiro atoms. The Morgan fingerprint density at radius 2 is 1.67 bits per heavy atom. The van der Waals surface area contributed by atoms with Crippen LogP contribution in [0.2, 0.25) is 0 Å². The monoisotopic (exact) mass is 450 g/mol. The summed E-state index contributed by atoms with van der Waals surface area (Å²) in [5.41, 5.74) is 0.294. The molecule has 0 saturated heterocycles. The van der Waals surface area contributed by atoms with E-state index in [0.717, 1.165) is 6.42 Å². The lowest BCUT2D eigenvalue weighted by Crippen LogP contribution is -2.29. The molecule has 0 aliphatic carbocycles. The Balaban J connectivity index is 1.56. The van der Waals surface area contributed by atoms with Crippen molar-refractivity contribution in [2.75, 3.05) is 18.4 Å². The number of anilines is 1. The number of sulfonamides is 2. The largest absolute Gasteiger partial charge is 0.326 e. The predicted molar refractivity (Wildman–Crippen MR) is 113 cm³/mol. The van der Waals surface area contributed by atoms with E-state index in [0.29, 0.717) is 24.5 Å². The summed E-state index contributed by atoms with van der Waals surface area (Å²) >= 11 is 0. The molecule has 30 heavy (non-hydrogen) atoms. The summed E-state index contributed by atoms with van der Waals surface area (Å²) in [6.45, 7) is 0.504. The molecule has 1 amide bonds. The zero-order valence-corrected chi connectivity index (χ0v) is 17.7. The number of aliphatic imine (C=N–C) groups is 1. The SMILES string of the molecule is O=C(CCNS(=O)(=O)c1ccccc1)Nc1cccc(S(=O)(=O)NC2=NCCC2)c1. The van der Waals surface area contributed by atoms with Gasteiger partial charge in [-0.2, -0.15) is 0 Å². The molecule has 9 nitrogen and oxygen atoms in total. The quantitative estimate of drug-likeness (QED) is 0.560. The first-order chi connectivity index (χ1) is 14.3. The lowest BCUT2D eigenvalue weighted by molar-refractivity contribution is -0.116. The van der Waals surface area contributed by atoms with Crippen molar-refractivity contribution in [1.29, 1.82) is 0 Å². The second-order valence-corrected chi connectivity index (χ2v) is 10.0. The van der Waals surface area contributed by atoms with Crippen molar-refractivity contribution >= 4 is 37.5 Å². The van der Waals surface area contributed by atoms with Crippen molar-refractivity contribution in [2.24, 2.45) is 4.99 Å². The van der Waals surface area contributed by atoms with E-state index in [1.54, 1.807) is 24.3 Å². The summed E-state index contributed by atoms with van der Waals surface area (Å²) in [4.78, 5) is 16.4. The standard InChI is InChI=1S/C19H22N4O5S2/c24-19(11-13-21-29(25,26)16-7-2-1-3-8-16)22-15-6-4-9-17(14-15)30(27,28)23-18-10-5-12-20-18/h1-4,6-9,14,21H,5,10-13H2,(H,20,23)(H,22,24). The van der Waals surface area contributed by atoms with Gasteiger partial charge in [0.2, 0.25) is 15.9 Å². The van der Waals surface area contributed by atoms with Crippen molar-refractivity contribution in [3.05, 3.63) is 54.6 Å². The first-order valence-electron chi connectivity index (χ1n) is 9.27. The van der Waals surface area contributed by atoms with Crippen LogP contribution in [-0.2, 0) is 24.8 Å². The molecule has 3 rings (SSSR count). The molecular weight excluding hydrogens is 428 g/mol. The van der Waals surface area contributed by atoms with Crippen LogP contribution in [0.3, 0.4) is 0 Å². The van der Waals surface area contributed by atoms with Gasteiger partial charge in [0, 0.05) is 31.6 Å². The summed E-state index contributed by atoms with van der Waals surface area (Å²) in [5.74, 6) is -0.0245. The fourth-order valence-electron chi connectivity index (χ4n) is 2.78. The molecule has 2 aromatic carbocycles. The highest BCUT2D eigenvalue weighted by atomic mass is 32.2. The van der Waals surface area contributed by atoms with E-state index >= 15 is 0 Å². The van der Waals surface area contributed by atoms with Crippen LogP contribution >= 0.6 is 0 Å². The lowest BCUT2D eigenvalue weighted by Gasteiger charge is -2.10. The maximum Gasteiger partial charge on any atom is 0.262 e. The number of amides is 1. The highest BCUT2D eigenvalue weighted by molar-refractivity contribution is 7.90. The van der Waals surface area contributed by atoms with E-state index < -0.39 is 26.0 Å². The van der Waals surface area contributed by atoms with Gasteiger partial charge in [0.1, 0.15) is 5.84 Å². The van der Waals surface area contributed by atoms with Crippen molar-refractivity contribution in [1.82, 2.24) is 9.44 Å². The number of rotatable bonds is 8. The highest BCUT2D eigenvalue weighted by Crippen LogP contribution is 2.17. The molecule has 0 bridgehead atoms. The summed E-state index contributed by atoms with van der Waals surface area (Å²) in [6.07, 6.45) is 1.27. The molecule has 0 saturated carbocycles. The molecule has 0 atom stereocenters. The van der Waals surface area contributed by atoms with Gasteiger partial charge >= 0.3 is 0 Å². The minimum Gasteiger partial charge on any atom is -0.326 e. The van der Waals surface area contributed by atoms with Crippen LogP contribution in [0.5, 0.6) is 0 Å². The minimum absolute atomic E-state index is 0.000296. The molecule has 0 fully saturated rings. The summed E-state index contributed by atoms with van der Waals surface area (Å²) < 4.78 is 54.0. The Morgan fingerprint density at radius 1 is 0.933 bits per heavy atom. The van der Waals surface area contributed by atoms with Gasteiger partial charge < -0.3 is 5.32 Å². The van der Waals surface area contributed by atoms with Crippen LogP contribution in [0.25, 0.3) is 0 Å². The normalized spacial score (nSPS) is 14.2. The number of amidine groups is 1. The van der Waals surface area contributed by atoms with E-state index in [9.17, 15) is 21.6 Å². The van der Waals surface area contributed by atoms with Crippen molar-refractivity contribution in [3.63, 3.8) is 0 Å². The number of carbonyl (C=O) groups is 1. The van der Waals surface area contributed by atoms with Crippen molar-refractivity contribution < 1.29 is 21.6 Å². The van der Waals surface area contributed by atoms with Gasteiger partial charge in [0.25, 0.3) is 10.0 Å². The van der Waals surface area contributed by atoms with Crippen molar-refractivity contribution in [2.45, 2.75) is 29.1 Å². The Labute approximate surface area is 175 Å². The first-order valence-corrected chi connectivity index (χ1v) is 12.2. The van der Waals surface area contributed by atoms with Gasteiger partial charge in [0.15, 0.2) is 0 Å². The third-order valence-electron chi connectivity index (χ3n) is 4.25. The van der Waals surface area contributed by atoms with E-state index in [4.69, 9.17) is 0 Å². The molecule has 0 radical (unpaired) electrons. The lowest BCUT2D eigenvalue weighted by atomic mass is 10.3. The van der Waals surface area contributed by atoms with Gasteiger partial charge in [-0.3, -0.25) is 14.5 Å². The Morgan fingerprint density at radius 3 is 2.37 bits per heavy atom. The molecular formula is C19H22N4O5S2. The second-order valence-electron chi connectivity index (χ2n) is 6.57. The number of hydrogen-bond acceptors (Lipinski definition) is 6. The van der Waals surface area contributed by atoms with Gasteiger partial charge in [-0.25, -0.2) is 21.6 Å². The van der Waals surface area contributed by atoms with Crippen LogP contribution in [0.1, 0.15) is 19.3 Å². The molecule has 0 aromatic heterocycles. The third kappa shape index (κ3) is 5.88. The topological polar surface area (TPSA) is 134 Å². The minimum atomic E-state index is -3.79. The molecule has 11 heteroatoms. The third-order valence-corrected chi connectivity index (χ3v) is 7.11. The molecule has 1 aliphatic heterocycles. The summed E-state index contributed by atoms with van der Waals surface area (Å²) in [5, 5.41) is 2.58. The summed E-state index contributed by atoms with van der Waals surface area (Å²) in [7, 11) is -7.49. The average molecular weight is 451 g/mol. The number of hydrogen-bond donors (Lipinski definition) is 3. The van der Waals surface area contributed by atoms with Gasteiger partial charge in [-0.15, -0.1) is 0 Å². The highest BCUT2D eigenvalue weighted by Gasteiger charge is 2.19. The molecule has 1 heterocycles. The van der Waals surface area contributed by atoms with Crippen LogP contribution in [0, 0.1) is 0 Å². The van der Waals surface area contributed by atoms with Crippen LogP contribution in [0.4, 0.5) is 5.69 Å². The van der Waals surface area contributed by atoms with Crippen LogP contribution in [0.15, 0.2) is 69.4 Å². The number of nitrogens with zero attached hydrogens (tertiary/aromatic N) is 1. The van der Waals surface area contributed by atoms with Gasteiger partial charge in [0.05, 0.1) is 9.79 Å². The van der Waals surface area contributed by atoms with Crippen molar-refractivity contribution in [3.8, 4) is 0 Å². The molecule has 1 aliphatic rings. The van der Waals surface area contributed by atoms with Crippen LogP contribution in [-0.4, -0.2) is 41.7 Å². The second kappa shape index (κ2) is 9.37. The van der Waals surface area contributed by atoms with Gasteiger partial charge in [-0.05, 0) is 36.8 Å². The first kappa shape index (κ1) is 21.9. The fraction of sp³-hybridized carbons (Fsp3) is 0.263. The Hall–Kier alpha value is -2.76. The van der Waals surface area contributed by atoms with E-state index in [1.807, 2.05) is 0 Å². The number of nitrogens with one attached hydrogen (secondary N) is 3. The smallest absolute Gasteiger partial charge is 0.262 e. The number of carbonyl (C=O) groups excluding carboxylic acids is 1. The van der Waals surface area contributed by atoms with E-state index in [-0.39, 0.29) is 22.8 Å². The number of benzene rings is 2. The zero-order chi connectivity index (χ0) is 21.6. The summed E-state index contributed by atoms with van der Waals surface area (Å²) in [6, 6.07) is 13.7. The maximum absolute atomic E-state index is 12.5. The zero-order valence-electron chi connectivity index (χ0n) is 16.0. The Kier molecular flexibility index (Phi) is 6.85. The van der Waals surface area contributed by atoms with Gasteiger partial charge in [-0.1, -0.05) is 24.3 Å². The average Bonchev–Trinajstić information content (AvgIpc) is 3.21. The molecule has 2 aromatic rings. The van der Waals surface area contributed by atoms with Crippen LogP contribution < -0.4 is 14.8 Å².